The van der Waals surface area contributed by atoms with Gasteiger partial charge in [0.25, 0.3) is 10.0 Å². The first-order chi connectivity index (χ1) is 15.9. The first-order valence-corrected chi connectivity index (χ1v) is 12.7. The third-order valence-electron chi connectivity index (χ3n) is 6.21. The summed E-state index contributed by atoms with van der Waals surface area (Å²) in [5.74, 6) is 0.522. The lowest BCUT2D eigenvalue weighted by molar-refractivity contribution is 0.343. The van der Waals surface area contributed by atoms with Crippen LogP contribution in [0.4, 0.5) is 5.95 Å². The van der Waals surface area contributed by atoms with Crippen LogP contribution in [0.15, 0.2) is 59.8 Å². The van der Waals surface area contributed by atoms with Gasteiger partial charge in [-0.1, -0.05) is 30.4 Å². The predicted molar refractivity (Wildman–Crippen MR) is 132 cm³/mol. The molecule has 0 saturated carbocycles. The number of anilines is 1. The van der Waals surface area contributed by atoms with Crippen LogP contribution in [-0.4, -0.2) is 54.3 Å². The van der Waals surface area contributed by atoms with E-state index in [1.54, 1.807) is 24.5 Å². The van der Waals surface area contributed by atoms with Crippen LogP contribution in [0.5, 0.6) is 0 Å². The summed E-state index contributed by atoms with van der Waals surface area (Å²) in [4.78, 5) is 11.4. The van der Waals surface area contributed by atoms with Crippen molar-refractivity contribution in [2.75, 3.05) is 18.4 Å². The first kappa shape index (κ1) is 21.9. The molecule has 2 radical (unpaired) electrons. The molecule has 0 bridgehead atoms. The van der Waals surface area contributed by atoms with Crippen LogP contribution in [-0.2, 0) is 10.0 Å². The van der Waals surface area contributed by atoms with E-state index in [2.05, 4.69) is 10.3 Å². The fourth-order valence-corrected chi connectivity index (χ4v) is 6.01. The van der Waals surface area contributed by atoms with Gasteiger partial charge in [0.1, 0.15) is 0 Å². The van der Waals surface area contributed by atoms with Crippen molar-refractivity contribution in [2.45, 2.75) is 38.6 Å². The monoisotopic (exact) mass is 459 g/mol. The Hall–Kier alpha value is -2.91. The van der Waals surface area contributed by atoms with Crippen molar-refractivity contribution in [3.05, 3.63) is 65.4 Å². The molecule has 7 nitrogen and oxygen atoms in total. The second-order valence-corrected chi connectivity index (χ2v) is 10.5. The summed E-state index contributed by atoms with van der Waals surface area (Å²) < 4.78 is 28.3. The minimum atomic E-state index is -3.72. The highest BCUT2D eigenvalue weighted by atomic mass is 32.2. The van der Waals surface area contributed by atoms with Crippen LogP contribution in [0, 0.1) is 6.92 Å². The Morgan fingerprint density at radius 1 is 1.21 bits per heavy atom. The minimum absolute atomic E-state index is 0.172. The van der Waals surface area contributed by atoms with Crippen molar-refractivity contribution in [1.82, 2.24) is 18.8 Å². The van der Waals surface area contributed by atoms with Gasteiger partial charge in [0.05, 0.1) is 16.1 Å². The molecule has 1 aliphatic heterocycles. The molecule has 3 aromatic rings. The van der Waals surface area contributed by atoms with Crippen molar-refractivity contribution in [3.63, 3.8) is 0 Å². The molecule has 0 spiro atoms. The first-order valence-electron chi connectivity index (χ1n) is 11.3. The molecule has 3 heterocycles. The Balaban J connectivity index is 1.58. The summed E-state index contributed by atoms with van der Waals surface area (Å²) in [6.45, 7) is 3.55. The van der Waals surface area contributed by atoms with Gasteiger partial charge < -0.3 is 10.1 Å². The third-order valence-corrected chi connectivity index (χ3v) is 7.93. The number of nitrogens with one attached hydrogen (secondary N) is 1. The number of fused-ring (bicyclic) bond motifs is 1. The molecular weight excluding hydrogens is 433 g/mol. The average molecular weight is 459 g/mol. The SMILES string of the molecule is [B]N1CCC[C@@H](Nc2ncc(C)c(-c3cn(S(=O)(=O)C4=CCCC=C4)c4ccccc34)n2)C1. The highest BCUT2D eigenvalue weighted by Crippen LogP contribution is 2.34. The van der Waals surface area contributed by atoms with E-state index in [0.717, 1.165) is 55.3 Å². The zero-order valence-corrected chi connectivity index (χ0v) is 19.4. The predicted octanol–water partition coefficient (Wildman–Crippen LogP) is 3.78. The zero-order chi connectivity index (χ0) is 23.0. The highest BCUT2D eigenvalue weighted by Gasteiger charge is 2.25. The number of hydrogen-bond acceptors (Lipinski definition) is 6. The maximum atomic E-state index is 13.5. The maximum Gasteiger partial charge on any atom is 0.267 e. The van der Waals surface area contributed by atoms with Gasteiger partial charge in [-0.25, -0.2) is 22.4 Å². The normalized spacial score (nSPS) is 19.5. The minimum Gasteiger partial charge on any atom is -0.352 e. The van der Waals surface area contributed by atoms with E-state index in [1.165, 1.54) is 3.97 Å². The van der Waals surface area contributed by atoms with Crippen molar-refractivity contribution >= 4 is 34.9 Å². The van der Waals surface area contributed by atoms with Gasteiger partial charge in [0.2, 0.25) is 5.95 Å². The lowest BCUT2D eigenvalue weighted by Crippen LogP contribution is -2.40. The number of allylic oxidation sites excluding steroid dienone is 3. The molecule has 33 heavy (non-hydrogen) atoms. The number of para-hydroxylation sites is 1. The van der Waals surface area contributed by atoms with Gasteiger partial charge in [-0.15, -0.1) is 0 Å². The molecule has 1 aromatic carbocycles. The highest BCUT2D eigenvalue weighted by molar-refractivity contribution is 7.94. The molecule has 2 aromatic heterocycles. The quantitative estimate of drug-likeness (QED) is 0.585. The summed E-state index contributed by atoms with van der Waals surface area (Å²) in [5.41, 5.74) is 2.99. The molecule has 168 valence electrons. The van der Waals surface area contributed by atoms with E-state index in [4.69, 9.17) is 13.0 Å². The molecule has 1 atom stereocenters. The molecular formula is C24H26BN5O2S. The maximum absolute atomic E-state index is 13.5. The summed E-state index contributed by atoms with van der Waals surface area (Å²) in [7, 11) is 2.26. The van der Waals surface area contributed by atoms with Crippen LogP contribution in [0.1, 0.15) is 31.2 Å². The Morgan fingerprint density at radius 2 is 2.06 bits per heavy atom. The van der Waals surface area contributed by atoms with E-state index in [0.29, 0.717) is 22.1 Å². The molecule has 1 fully saturated rings. The summed E-state index contributed by atoms with van der Waals surface area (Å²) in [6, 6.07) is 7.70. The van der Waals surface area contributed by atoms with Gasteiger partial charge >= 0.3 is 0 Å². The number of aryl methyl sites for hydroxylation is 1. The summed E-state index contributed by atoms with van der Waals surface area (Å²) in [5, 5.41) is 4.23. The Morgan fingerprint density at radius 3 is 2.85 bits per heavy atom. The van der Waals surface area contributed by atoms with E-state index in [9.17, 15) is 8.42 Å². The molecule has 1 N–H and O–H groups in total. The van der Waals surface area contributed by atoms with Crippen LogP contribution in [0.3, 0.4) is 0 Å². The van der Waals surface area contributed by atoms with Gasteiger partial charge in [-0.3, -0.25) is 0 Å². The number of rotatable bonds is 5. The van der Waals surface area contributed by atoms with Crippen molar-refractivity contribution in [2.24, 2.45) is 0 Å². The topological polar surface area (TPSA) is 80.1 Å². The van der Waals surface area contributed by atoms with E-state index < -0.39 is 10.0 Å². The van der Waals surface area contributed by atoms with Gasteiger partial charge in [-0.05, 0) is 56.9 Å². The number of nitrogens with zero attached hydrogens (tertiary/aromatic N) is 4. The van der Waals surface area contributed by atoms with E-state index >= 15 is 0 Å². The molecule has 5 rings (SSSR count). The van der Waals surface area contributed by atoms with Crippen molar-refractivity contribution in [1.29, 1.82) is 0 Å². The van der Waals surface area contributed by atoms with Gasteiger partial charge in [-0.2, -0.15) is 0 Å². The largest absolute Gasteiger partial charge is 0.352 e. The van der Waals surface area contributed by atoms with Crippen LogP contribution in [0.25, 0.3) is 22.2 Å². The Bertz CT molecular complexity index is 1360. The molecule has 1 saturated heterocycles. The lowest BCUT2D eigenvalue weighted by atomic mass is 10.0. The average Bonchev–Trinajstić information content (AvgIpc) is 3.21. The van der Waals surface area contributed by atoms with Gasteiger partial charge in [0, 0.05) is 35.9 Å². The zero-order valence-electron chi connectivity index (χ0n) is 18.6. The third kappa shape index (κ3) is 4.23. The molecule has 9 heteroatoms. The number of aromatic nitrogens is 3. The second kappa shape index (κ2) is 8.80. The van der Waals surface area contributed by atoms with Crippen LogP contribution >= 0.6 is 0 Å². The fraction of sp³-hybridized carbons (Fsp3) is 0.333. The Labute approximate surface area is 195 Å². The summed E-state index contributed by atoms with van der Waals surface area (Å²) >= 11 is 0. The standard InChI is InChI=1S/C24H26BN5O2S/c1-17-14-26-24(27-18-8-7-13-29(25)15-18)28-23(17)21-16-30(22-12-6-5-11-20(21)22)33(31,32)19-9-3-2-4-10-19/h3,5-6,9-12,14,16,18H,2,4,7-8,13,15H2,1H3,(H,26,27,28)/t18-/m1/s1. The Kier molecular flexibility index (Phi) is 5.84. The number of benzene rings is 1. The lowest BCUT2D eigenvalue weighted by Gasteiger charge is -2.30. The molecule has 2 aliphatic rings. The van der Waals surface area contributed by atoms with Gasteiger partial charge in [0.15, 0.2) is 7.98 Å². The van der Waals surface area contributed by atoms with E-state index in [1.807, 2.05) is 42.1 Å². The fourth-order valence-electron chi connectivity index (χ4n) is 4.52. The summed E-state index contributed by atoms with van der Waals surface area (Å²) in [6.07, 6.45) is 12.4. The van der Waals surface area contributed by atoms with Crippen molar-refractivity contribution in [3.8, 4) is 11.3 Å². The van der Waals surface area contributed by atoms with Crippen molar-refractivity contribution < 1.29 is 8.42 Å². The second-order valence-electron chi connectivity index (χ2n) is 8.65. The van der Waals surface area contributed by atoms with Crippen LogP contribution < -0.4 is 5.32 Å². The number of hydrogen-bond donors (Lipinski definition) is 1. The molecule has 0 unspecified atom stereocenters. The number of piperidine rings is 1. The molecule has 1 aliphatic carbocycles. The smallest absolute Gasteiger partial charge is 0.267 e. The van der Waals surface area contributed by atoms with E-state index in [-0.39, 0.29) is 6.04 Å². The van der Waals surface area contributed by atoms with Crippen LogP contribution in [0.2, 0.25) is 0 Å². The molecule has 0 amide bonds.